The van der Waals surface area contributed by atoms with Gasteiger partial charge in [-0.1, -0.05) is 13.8 Å². The van der Waals surface area contributed by atoms with Crippen LogP contribution < -0.4 is 10.6 Å². The summed E-state index contributed by atoms with van der Waals surface area (Å²) < 4.78 is 1.07. The molecule has 1 aromatic carbocycles. The van der Waals surface area contributed by atoms with Gasteiger partial charge in [-0.3, -0.25) is 9.59 Å². The second kappa shape index (κ2) is 7.35. The molecular formula is C13H17IN2O2. The maximum atomic E-state index is 11.7. The van der Waals surface area contributed by atoms with E-state index < -0.39 is 0 Å². The Hall–Kier alpha value is -1.11. The lowest BCUT2D eigenvalue weighted by Gasteiger charge is -2.08. The van der Waals surface area contributed by atoms with Gasteiger partial charge in [-0.2, -0.15) is 0 Å². The molecule has 0 unspecified atom stereocenters. The molecule has 0 aliphatic carbocycles. The molecule has 0 bridgehead atoms. The largest absolute Gasteiger partial charge is 0.354 e. The summed E-state index contributed by atoms with van der Waals surface area (Å²) in [4.78, 5) is 23.1. The normalized spacial score (nSPS) is 10.2. The van der Waals surface area contributed by atoms with E-state index in [0.717, 1.165) is 3.57 Å². The first-order valence-electron chi connectivity index (χ1n) is 5.79. The van der Waals surface area contributed by atoms with Gasteiger partial charge in [0, 0.05) is 15.7 Å². The molecule has 1 rings (SSSR count). The van der Waals surface area contributed by atoms with Gasteiger partial charge in [0.25, 0.3) is 5.91 Å². The lowest BCUT2D eigenvalue weighted by molar-refractivity contribution is -0.120. The van der Waals surface area contributed by atoms with Crippen LogP contribution in [0.25, 0.3) is 0 Å². The van der Waals surface area contributed by atoms with Crippen LogP contribution >= 0.6 is 22.6 Å². The highest BCUT2D eigenvalue weighted by molar-refractivity contribution is 14.1. The van der Waals surface area contributed by atoms with Gasteiger partial charge in [0.1, 0.15) is 0 Å². The SMILES string of the molecule is CC(C)CNC(=O)CNC(=O)c1ccc(I)cc1. The van der Waals surface area contributed by atoms with E-state index in [-0.39, 0.29) is 18.4 Å². The van der Waals surface area contributed by atoms with E-state index in [1.807, 2.05) is 26.0 Å². The van der Waals surface area contributed by atoms with E-state index in [2.05, 4.69) is 33.2 Å². The maximum Gasteiger partial charge on any atom is 0.251 e. The molecule has 0 saturated heterocycles. The van der Waals surface area contributed by atoms with Crippen molar-refractivity contribution in [1.82, 2.24) is 10.6 Å². The van der Waals surface area contributed by atoms with Crippen molar-refractivity contribution in [3.8, 4) is 0 Å². The van der Waals surface area contributed by atoms with Crippen molar-refractivity contribution in [3.63, 3.8) is 0 Å². The second-order valence-corrected chi connectivity index (χ2v) is 5.63. The third-order valence-electron chi connectivity index (χ3n) is 2.22. The van der Waals surface area contributed by atoms with Crippen LogP contribution in [0.2, 0.25) is 0 Å². The molecule has 5 heteroatoms. The van der Waals surface area contributed by atoms with E-state index in [4.69, 9.17) is 0 Å². The average Bonchev–Trinajstić information content (AvgIpc) is 2.34. The number of rotatable bonds is 5. The summed E-state index contributed by atoms with van der Waals surface area (Å²) in [7, 11) is 0. The van der Waals surface area contributed by atoms with E-state index in [0.29, 0.717) is 18.0 Å². The highest BCUT2D eigenvalue weighted by atomic mass is 127. The van der Waals surface area contributed by atoms with Crippen LogP contribution in [0.1, 0.15) is 24.2 Å². The van der Waals surface area contributed by atoms with Crippen LogP contribution in [0.5, 0.6) is 0 Å². The maximum absolute atomic E-state index is 11.7. The molecule has 0 atom stereocenters. The molecule has 2 amide bonds. The Bertz CT molecular complexity index is 416. The fourth-order valence-electron chi connectivity index (χ4n) is 1.24. The summed E-state index contributed by atoms with van der Waals surface area (Å²) in [5, 5.41) is 5.33. The first-order valence-corrected chi connectivity index (χ1v) is 6.87. The molecule has 0 aliphatic heterocycles. The minimum Gasteiger partial charge on any atom is -0.354 e. The number of carbonyl (C=O) groups excluding carboxylic acids is 2. The van der Waals surface area contributed by atoms with Crippen molar-refractivity contribution in [2.45, 2.75) is 13.8 Å². The standard InChI is InChI=1S/C13H17IN2O2/c1-9(2)7-15-12(17)8-16-13(18)10-3-5-11(14)6-4-10/h3-6,9H,7-8H2,1-2H3,(H,15,17)(H,16,18). The van der Waals surface area contributed by atoms with Crippen molar-refractivity contribution < 1.29 is 9.59 Å². The molecule has 0 spiro atoms. The minimum absolute atomic E-state index is 0.0114. The first kappa shape index (κ1) is 14.9. The summed E-state index contributed by atoms with van der Waals surface area (Å²) in [6.45, 7) is 4.67. The molecule has 0 heterocycles. The third-order valence-corrected chi connectivity index (χ3v) is 2.94. The average molecular weight is 360 g/mol. The highest BCUT2D eigenvalue weighted by Crippen LogP contribution is 2.06. The Morgan fingerprint density at radius 1 is 1.17 bits per heavy atom. The number of benzene rings is 1. The van der Waals surface area contributed by atoms with Gasteiger partial charge in [0.15, 0.2) is 0 Å². The van der Waals surface area contributed by atoms with E-state index in [9.17, 15) is 9.59 Å². The van der Waals surface area contributed by atoms with Gasteiger partial charge in [-0.25, -0.2) is 0 Å². The monoisotopic (exact) mass is 360 g/mol. The fraction of sp³-hybridized carbons (Fsp3) is 0.385. The van der Waals surface area contributed by atoms with E-state index >= 15 is 0 Å². The van der Waals surface area contributed by atoms with Crippen LogP contribution in [0.4, 0.5) is 0 Å². The van der Waals surface area contributed by atoms with Gasteiger partial charge in [-0.05, 0) is 52.8 Å². The third kappa shape index (κ3) is 5.48. The zero-order valence-corrected chi connectivity index (χ0v) is 12.7. The number of hydrogen-bond donors (Lipinski definition) is 2. The molecular weight excluding hydrogens is 343 g/mol. The van der Waals surface area contributed by atoms with Crippen LogP contribution in [0.3, 0.4) is 0 Å². The Balaban J connectivity index is 2.37. The number of nitrogens with one attached hydrogen (secondary N) is 2. The van der Waals surface area contributed by atoms with Gasteiger partial charge in [-0.15, -0.1) is 0 Å². The van der Waals surface area contributed by atoms with Crippen LogP contribution in [0.15, 0.2) is 24.3 Å². The van der Waals surface area contributed by atoms with Crippen molar-refractivity contribution >= 4 is 34.4 Å². The number of hydrogen-bond acceptors (Lipinski definition) is 2. The molecule has 0 saturated carbocycles. The summed E-state index contributed by atoms with van der Waals surface area (Å²) >= 11 is 2.17. The fourth-order valence-corrected chi connectivity index (χ4v) is 1.60. The Morgan fingerprint density at radius 2 is 1.78 bits per heavy atom. The lowest BCUT2D eigenvalue weighted by Crippen LogP contribution is -2.38. The van der Waals surface area contributed by atoms with Crippen LogP contribution in [0, 0.1) is 9.49 Å². The molecule has 2 N–H and O–H groups in total. The number of halogens is 1. The topological polar surface area (TPSA) is 58.2 Å². The highest BCUT2D eigenvalue weighted by Gasteiger charge is 2.07. The molecule has 98 valence electrons. The zero-order valence-electron chi connectivity index (χ0n) is 10.5. The van der Waals surface area contributed by atoms with Gasteiger partial charge >= 0.3 is 0 Å². The van der Waals surface area contributed by atoms with Crippen molar-refractivity contribution in [2.75, 3.05) is 13.1 Å². The van der Waals surface area contributed by atoms with Crippen molar-refractivity contribution in [3.05, 3.63) is 33.4 Å². The van der Waals surface area contributed by atoms with Gasteiger partial charge in [0.2, 0.25) is 5.91 Å². The summed E-state index contributed by atoms with van der Waals surface area (Å²) in [5.74, 6) is 0.00880. The zero-order chi connectivity index (χ0) is 13.5. The van der Waals surface area contributed by atoms with Gasteiger partial charge < -0.3 is 10.6 Å². The van der Waals surface area contributed by atoms with Gasteiger partial charge in [0.05, 0.1) is 6.54 Å². The lowest BCUT2D eigenvalue weighted by atomic mass is 10.2. The molecule has 4 nitrogen and oxygen atoms in total. The Morgan fingerprint density at radius 3 is 2.33 bits per heavy atom. The number of carbonyl (C=O) groups is 2. The van der Waals surface area contributed by atoms with E-state index in [1.165, 1.54) is 0 Å². The molecule has 0 aliphatic rings. The summed E-state index contributed by atoms with van der Waals surface area (Å²) in [5.41, 5.74) is 0.562. The number of amides is 2. The predicted octanol–water partition coefficient (Wildman–Crippen LogP) is 1.79. The first-order chi connectivity index (χ1) is 8.49. The molecule has 0 aromatic heterocycles. The summed E-state index contributed by atoms with van der Waals surface area (Å²) in [6, 6.07) is 7.19. The second-order valence-electron chi connectivity index (χ2n) is 4.39. The smallest absolute Gasteiger partial charge is 0.251 e. The molecule has 18 heavy (non-hydrogen) atoms. The van der Waals surface area contributed by atoms with Crippen LogP contribution in [-0.2, 0) is 4.79 Å². The molecule has 1 aromatic rings. The Labute approximate surface area is 121 Å². The molecule has 0 radical (unpaired) electrons. The summed E-state index contributed by atoms with van der Waals surface area (Å²) in [6.07, 6.45) is 0. The minimum atomic E-state index is -0.230. The van der Waals surface area contributed by atoms with E-state index in [1.54, 1.807) is 12.1 Å². The van der Waals surface area contributed by atoms with Crippen molar-refractivity contribution in [1.29, 1.82) is 0 Å². The predicted molar refractivity (Wildman–Crippen MR) is 79.3 cm³/mol. The van der Waals surface area contributed by atoms with Crippen molar-refractivity contribution in [2.24, 2.45) is 5.92 Å². The Kier molecular flexibility index (Phi) is 6.11. The molecule has 0 fully saturated rings. The van der Waals surface area contributed by atoms with Crippen LogP contribution in [-0.4, -0.2) is 24.9 Å². The quantitative estimate of drug-likeness (QED) is 0.787.